The molecule has 0 saturated carbocycles. The molecule has 0 radical (unpaired) electrons. The van der Waals surface area contributed by atoms with Gasteiger partial charge in [-0.2, -0.15) is 0 Å². The van der Waals surface area contributed by atoms with Gasteiger partial charge >= 0.3 is 0 Å². The van der Waals surface area contributed by atoms with Crippen LogP contribution in [0.2, 0.25) is 0 Å². The Labute approximate surface area is 150 Å². The highest BCUT2D eigenvalue weighted by Gasteiger charge is 2.33. The summed E-state index contributed by atoms with van der Waals surface area (Å²) < 4.78 is 19.1. The molecule has 132 valence electrons. The Hall–Kier alpha value is -1.92. The number of para-hydroxylation sites is 1. The Morgan fingerprint density at radius 2 is 2.16 bits per heavy atom. The van der Waals surface area contributed by atoms with Crippen molar-refractivity contribution in [3.05, 3.63) is 52.0 Å². The van der Waals surface area contributed by atoms with Gasteiger partial charge in [-0.25, -0.2) is 4.39 Å². The first-order valence-corrected chi connectivity index (χ1v) is 9.57. The minimum Gasteiger partial charge on any atom is -0.486 e. The summed E-state index contributed by atoms with van der Waals surface area (Å²) in [6.45, 7) is 4.04. The number of hydrogen-bond acceptors (Lipinski definition) is 4. The number of benzene rings is 1. The minimum atomic E-state index is -0.372. The number of carbonyl (C=O) groups excluding carboxylic acids is 1. The Kier molecular flexibility index (Phi) is 4.72. The number of thiophene rings is 1. The summed E-state index contributed by atoms with van der Waals surface area (Å²) in [5, 5.41) is 1.92. The maximum absolute atomic E-state index is 13.6. The van der Waals surface area contributed by atoms with Gasteiger partial charge in [0.25, 0.3) is 5.91 Å². The van der Waals surface area contributed by atoms with Crippen LogP contribution in [0.15, 0.2) is 35.7 Å². The van der Waals surface area contributed by atoms with Crippen molar-refractivity contribution in [2.75, 3.05) is 26.2 Å². The molecule has 2 saturated heterocycles. The molecule has 1 aromatic heterocycles. The molecule has 0 spiro atoms. The molecule has 1 aromatic carbocycles. The smallest absolute Gasteiger partial charge is 0.264 e. The van der Waals surface area contributed by atoms with Gasteiger partial charge in [0.1, 0.15) is 6.61 Å². The molecular weight excluding hydrogens is 339 g/mol. The molecule has 25 heavy (non-hydrogen) atoms. The number of nitrogens with zero attached hydrogens (tertiary/aromatic N) is 2. The van der Waals surface area contributed by atoms with Crippen LogP contribution >= 0.6 is 11.3 Å². The van der Waals surface area contributed by atoms with E-state index in [1.54, 1.807) is 18.2 Å². The average Bonchev–Trinajstić information content (AvgIpc) is 3.29. The molecule has 1 amide bonds. The monoisotopic (exact) mass is 360 g/mol. The molecule has 1 unspecified atom stereocenters. The summed E-state index contributed by atoms with van der Waals surface area (Å²) in [4.78, 5) is 17.9. The normalized spacial score (nSPS) is 20.5. The van der Waals surface area contributed by atoms with Crippen molar-refractivity contribution in [2.24, 2.45) is 0 Å². The number of rotatable bonds is 4. The number of carbonyl (C=O) groups is 1. The molecule has 2 aliphatic rings. The van der Waals surface area contributed by atoms with Crippen molar-refractivity contribution in [3.63, 3.8) is 0 Å². The molecule has 1 atom stereocenters. The SMILES string of the molecule is O=C(c1cc(COc2ccccc2F)cs1)N1CCN2CCCC2C1. The quantitative estimate of drug-likeness (QED) is 0.838. The van der Waals surface area contributed by atoms with Crippen molar-refractivity contribution < 1.29 is 13.9 Å². The number of amides is 1. The summed E-state index contributed by atoms with van der Waals surface area (Å²) in [6, 6.07) is 8.75. The highest BCUT2D eigenvalue weighted by Crippen LogP contribution is 2.25. The largest absolute Gasteiger partial charge is 0.486 e. The standard InChI is InChI=1S/C19H21FN2O2S/c20-16-5-1-2-6-17(16)24-12-14-10-18(25-13-14)19(23)22-9-8-21-7-3-4-15(21)11-22/h1-2,5-6,10,13,15H,3-4,7-9,11-12H2. The summed E-state index contributed by atoms with van der Waals surface area (Å²) in [7, 11) is 0. The second-order valence-electron chi connectivity index (χ2n) is 6.62. The average molecular weight is 360 g/mol. The van der Waals surface area contributed by atoms with E-state index in [4.69, 9.17) is 4.74 Å². The van der Waals surface area contributed by atoms with Gasteiger partial charge in [0.2, 0.25) is 0 Å². The van der Waals surface area contributed by atoms with Crippen LogP contribution in [-0.4, -0.2) is 47.9 Å². The van der Waals surface area contributed by atoms with Crippen molar-refractivity contribution in [3.8, 4) is 5.75 Å². The van der Waals surface area contributed by atoms with Crippen molar-refractivity contribution in [1.29, 1.82) is 0 Å². The number of hydrogen-bond donors (Lipinski definition) is 0. The van der Waals surface area contributed by atoms with E-state index < -0.39 is 0 Å². The number of piperazine rings is 1. The predicted molar refractivity (Wildman–Crippen MR) is 95.5 cm³/mol. The van der Waals surface area contributed by atoms with E-state index in [2.05, 4.69) is 4.90 Å². The minimum absolute atomic E-state index is 0.105. The second-order valence-corrected chi connectivity index (χ2v) is 7.53. The predicted octanol–water partition coefficient (Wildman–Crippen LogP) is 3.39. The van der Waals surface area contributed by atoms with Crippen molar-refractivity contribution >= 4 is 17.2 Å². The van der Waals surface area contributed by atoms with Crippen LogP contribution in [-0.2, 0) is 6.61 Å². The maximum Gasteiger partial charge on any atom is 0.264 e. The fourth-order valence-corrected chi connectivity index (χ4v) is 4.48. The van der Waals surface area contributed by atoms with Crippen LogP contribution in [0.25, 0.3) is 0 Å². The number of ether oxygens (including phenoxy) is 1. The molecule has 2 aromatic rings. The van der Waals surface area contributed by atoms with Crippen LogP contribution in [0.4, 0.5) is 4.39 Å². The first-order chi connectivity index (χ1) is 12.2. The number of halogens is 1. The Bertz CT molecular complexity index is 763. The summed E-state index contributed by atoms with van der Waals surface area (Å²) in [6.07, 6.45) is 2.43. The van der Waals surface area contributed by atoms with Gasteiger partial charge in [0.15, 0.2) is 11.6 Å². The third kappa shape index (κ3) is 3.55. The third-order valence-corrected chi connectivity index (χ3v) is 5.94. The summed E-state index contributed by atoms with van der Waals surface area (Å²) in [5.41, 5.74) is 0.899. The van der Waals surface area contributed by atoms with E-state index >= 15 is 0 Å². The van der Waals surface area contributed by atoms with Gasteiger partial charge in [0, 0.05) is 31.2 Å². The zero-order chi connectivity index (χ0) is 17.2. The fourth-order valence-electron chi connectivity index (χ4n) is 3.62. The van der Waals surface area contributed by atoms with E-state index in [1.165, 1.54) is 36.8 Å². The highest BCUT2D eigenvalue weighted by atomic mass is 32.1. The molecular formula is C19H21FN2O2S. The van der Waals surface area contributed by atoms with E-state index in [0.717, 1.165) is 30.1 Å². The van der Waals surface area contributed by atoms with Crippen LogP contribution in [0.5, 0.6) is 5.75 Å². The molecule has 6 heteroatoms. The van der Waals surface area contributed by atoms with Crippen molar-refractivity contribution in [1.82, 2.24) is 9.80 Å². The van der Waals surface area contributed by atoms with E-state index in [1.807, 2.05) is 16.3 Å². The lowest BCUT2D eigenvalue weighted by molar-refractivity contribution is 0.0576. The Morgan fingerprint density at radius 1 is 1.28 bits per heavy atom. The van der Waals surface area contributed by atoms with E-state index in [9.17, 15) is 9.18 Å². The zero-order valence-corrected chi connectivity index (χ0v) is 14.8. The Morgan fingerprint density at radius 3 is 3.04 bits per heavy atom. The maximum atomic E-state index is 13.6. The number of fused-ring (bicyclic) bond motifs is 1. The summed E-state index contributed by atoms with van der Waals surface area (Å²) in [5.74, 6) is -0.0314. The molecule has 0 aliphatic carbocycles. The lowest BCUT2D eigenvalue weighted by Gasteiger charge is -2.37. The third-order valence-electron chi connectivity index (χ3n) is 4.97. The fraction of sp³-hybridized carbons (Fsp3) is 0.421. The molecule has 0 N–H and O–H groups in total. The van der Waals surface area contributed by atoms with Crippen LogP contribution < -0.4 is 4.74 Å². The van der Waals surface area contributed by atoms with Gasteiger partial charge in [-0.15, -0.1) is 11.3 Å². The van der Waals surface area contributed by atoms with Gasteiger partial charge in [0.05, 0.1) is 4.88 Å². The molecule has 3 heterocycles. The van der Waals surface area contributed by atoms with E-state index in [-0.39, 0.29) is 24.1 Å². The lowest BCUT2D eigenvalue weighted by Crippen LogP contribution is -2.51. The highest BCUT2D eigenvalue weighted by molar-refractivity contribution is 7.12. The van der Waals surface area contributed by atoms with E-state index in [0.29, 0.717) is 6.04 Å². The molecule has 4 rings (SSSR count). The zero-order valence-electron chi connectivity index (χ0n) is 14.0. The molecule has 4 nitrogen and oxygen atoms in total. The lowest BCUT2D eigenvalue weighted by atomic mass is 10.1. The van der Waals surface area contributed by atoms with Gasteiger partial charge < -0.3 is 9.64 Å². The van der Waals surface area contributed by atoms with Crippen LogP contribution in [0, 0.1) is 5.82 Å². The van der Waals surface area contributed by atoms with Crippen LogP contribution in [0.3, 0.4) is 0 Å². The molecule has 2 fully saturated rings. The van der Waals surface area contributed by atoms with Crippen molar-refractivity contribution in [2.45, 2.75) is 25.5 Å². The van der Waals surface area contributed by atoms with Gasteiger partial charge in [-0.1, -0.05) is 12.1 Å². The first-order valence-electron chi connectivity index (χ1n) is 8.69. The molecule has 2 aliphatic heterocycles. The summed E-state index contributed by atoms with van der Waals surface area (Å²) >= 11 is 1.44. The first kappa shape index (κ1) is 16.5. The van der Waals surface area contributed by atoms with Crippen LogP contribution in [0.1, 0.15) is 28.1 Å². The Balaban J connectivity index is 1.37. The second kappa shape index (κ2) is 7.14. The van der Waals surface area contributed by atoms with Gasteiger partial charge in [-0.05, 0) is 43.0 Å². The topological polar surface area (TPSA) is 32.8 Å². The van der Waals surface area contributed by atoms with Gasteiger partial charge in [-0.3, -0.25) is 9.69 Å². The molecule has 0 bridgehead atoms.